The Labute approximate surface area is 271 Å². The second kappa shape index (κ2) is 15.9. The summed E-state index contributed by atoms with van der Waals surface area (Å²) in [5, 5.41) is 16.9. The third-order valence-electron chi connectivity index (χ3n) is 8.81. The number of carbonyl (C=O) groups is 3. The standard InChI is InChI=1S/C35H49N3O8/c1-21(6-13-30-22(2)16-29(24(4)45-30)38-32(40)15-8-23(3)44-25(5)39)7-14-31-34(42)35(20-43-35)18-28(46-31)17-33(41)37-19-26-9-11-27(36)12-10-26/h6-12,14-15,22-24,28-31,34,42H,13,16-20,36H2,1-5H3,(H,37,41)(H,38,40)/b14-7+,15-8-,21-6+/t22-,23-,24+,28+,29+,30-,31+,34+,35?/m0/s1. The van der Waals surface area contributed by atoms with Gasteiger partial charge in [-0.3, -0.25) is 14.4 Å². The first-order valence-electron chi connectivity index (χ1n) is 16.1. The Morgan fingerprint density at radius 3 is 2.54 bits per heavy atom. The zero-order chi connectivity index (χ0) is 33.4. The second-order valence-corrected chi connectivity index (χ2v) is 12.9. The summed E-state index contributed by atoms with van der Waals surface area (Å²) in [7, 11) is 0. The highest BCUT2D eigenvalue weighted by atomic mass is 16.6. The van der Waals surface area contributed by atoms with E-state index in [4.69, 9.17) is 24.7 Å². The maximum Gasteiger partial charge on any atom is 0.303 e. The van der Waals surface area contributed by atoms with Crippen LogP contribution in [0.15, 0.2) is 60.2 Å². The molecule has 0 aliphatic carbocycles. The number of amides is 2. The van der Waals surface area contributed by atoms with E-state index in [9.17, 15) is 19.5 Å². The van der Waals surface area contributed by atoms with Crippen molar-refractivity contribution in [2.75, 3.05) is 12.3 Å². The van der Waals surface area contributed by atoms with Gasteiger partial charge in [0.25, 0.3) is 0 Å². The van der Waals surface area contributed by atoms with Crippen LogP contribution in [0.1, 0.15) is 65.9 Å². The topological polar surface area (TPSA) is 162 Å². The molecule has 11 nitrogen and oxygen atoms in total. The Morgan fingerprint density at radius 1 is 1.15 bits per heavy atom. The number of allylic oxidation sites excluding steroid dienone is 2. The number of aliphatic hydroxyl groups is 1. The number of hydrogen-bond acceptors (Lipinski definition) is 9. The minimum Gasteiger partial charge on any atom is -0.459 e. The minimum absolute atomic E-state index is 0.0122. The van der Waals surface area contributed by atoms with E-state index in [1.165, 1.54) is 13.0 Å². The quantitative estimate of drug-likeness (QED) is 0.0885. The molecular weight excluding hydrogens is 590 g/mol. The molecule has 1 aromatic rings. The van der Waals surface area contributed by atoms with Gasteiger partial charge in [0.1, 0.15) is 23.9 Å². The molecule has 1 spiro atoms. The predicted molar refractivity (Wildman–Crippen MR) is 173 cm³/mol. The van der Waals surface area contributed by atoms with Gasteiger partial charge in [-0.1, -0.05) is 42.9 Å². The number of esters is 1. The number of aliphatic hydroxyl groups excluding tert-OH is 1. The molecule has 1 unspecified atom stereocenters. The van der Waals surface area contributed by atoms with Gasteiger partial charge in [0, 0.05) is 31.7 Å². The van der Waals surface area contributed by atoms with Crippen LogP contribution in [0.5, 0.6) is 0 Å². The number of rotatable bonds is 12. The van der Waals surface area contributed by atoms with Crippen molar-refractivity contribution in [3.63, 3.8) is 0 Å². The molecule has 3 heterocycles. The van der Waals surface area contributed by atoms with Crippen LogP contribution < -0.4 is 16.4 Å². The van der Waals surface area contributed by atoms with Crippen molar-refractivity contribution >= 4 is 23.5 Å². The molecule has 4 rings (SSSR count). The first-order valence-corrected chi connectivity index (χ1v) is 16.1. The number of nitrogen functional groups attached to an aromatic ring is 1. The first kappa shape index (κ1) is 35.3. The Kier molecular flexibility index (Phi) is 12.2. The molecule has 0 bridgehead atoms. The molecule has 0 aromatic heterocycles. The number of nitrogens with one attached hydrogen (secondary N) is 2. The van der Waals surface area contributed by atoms with Crippen LogP contribution in [0.4, 0.5) is 5.69 Å². The van der Waals surface area contributed by atoms with E-state index in [-0.39, 0.29) is 48.5 Å². The van der Waals surface area contributed by atoms with Crippen LogP contribution in [0.3, 0.4) is 0 Å². The number of epoxide rings is 1. The van der Waals surface area contributed by atoms with Gasteiger partial charge in [-0.25, -0.2) is 0 Å². The average Bonchev–Trinajstić information content (AvgIpc) is 3.77. The van der Waals surface area contributed by atoms with Gasteiger partial charge < -0.3 is 40.4 Å². The highest BCUT2D eigenvalue weighted by molar-refractivity contribution is 5.87. The van der Waals surface area contributed by atoms with Crippen LogP contribution in [0.2, 0.25) is 0 Å². The van der Waals surface area contributed by atoms with Gasteiger partial charge in [0.05, 0.1) is 37.4 Å². The van der Waals surface area contributed by atoms with Gasteiger partial charge in [0.2, 0.25) is 11.8 Å². The monoisotopic (exact) mass is 639 g/mol. The van der Waals surface area contributed by atoms with Gasteiger partial charge >= 0.3 is 5.97 Å². The highest BCUT2D eigenvalue weighted by Gasteiger charge is 2.58. The van der Waals surface area contributed by atoms with Crippen molar-refractivity contribution in [1.29, 1.82) is 0 Å². The first-order chi connectivity index (χ1) is 21.8. The van der Waals surface area contributed by atoms with Gasteiger partial charge in [-0.05, 0) is 63.3 Å². The fourth-order valence-electron chi connectivity index (χ4n) is 6.00. The van der Waals surface area contributed by atoms with Crippen molar-refractivity contribution in [2.45, 2.75) is 115 Å². The molecule has 5 N–H and O–H groups in total. The third kappa shape index (κ3) is 10.2. The summed E-state index contributed by atoms with van der Waals surface area (Å²) in [4.78, 5) is 36.2. The minimum atomic E-state index is -0.819. The lowest BCUT2D eigenvalue weighted by Gasteiger charge is -2.39. The number of ether oxygens (including phenoxy) is 4. The summed E-state index contributed by atoms with van der Waals surface area (Å²) >= 11 is 0. The lowest BCUT2D eigenvalue weighted by atomic mass is 9.87. The number of hydrogen-bond donors (Lipinski definition) is 4. The van der Waals surface area contributed by atoms with E-state index in [1.807, 2.05) is 38.1 Å². The van der Waals surface area contributed by atoms with Crippen molar-refractivity contribution in [3.8, 4) is 0 Å². The molecule has 11 heteroatoms. The van der Waals surface area contributed by atoms with Crippen LogP contribution in [0, 0.1) is 5.92 Å². The average molecular weight is 640 g/mol. The molecule has 3 aliphatic rings. The number of carbonyl (C=O) groups excluding carboxylic acids is 3. The van der Waals surface area contributed by atoms with Gasteiger partial charge in [-0.2, -0.15) is 0 Å². The van der Waals surface area contributed by atoms with Crippen LogP contribution in [0.25, 0.3) is 0 Å². The van der Waals surface area contributed by atoms with Crippen LogP contribution in [-0.4, -0.2) is 77.8 Å². The van der Waals surface area contributed by atoms with Crippen molar-refractivity contribution in [1.82, 2.24) is 10.6 Å². The van der Waals surface area contributed by atoms with Gasteiger partial charge in [0.15, 0.2) is 0 Å². The molecule has 3 aliphatic heterocycles. The zero-order valence-electron chi connectivity index (χ0n) is 27.4. The fourth-order valence-corrected chi connectivity index (χ4v) is 6.00. The SMILES string of the molecule is CC(=O)O[C@@H](C)/C=C\C(=O)N[C@@H]1C[C@H](C)[C@H](C/C=C(C)/C=C/[C@H]2O[C@H](CC(=O)NCc3ccc(N)cc3)CC3(CO3)[C@@H]2O)O[C@@H]1C. The fraction of sp³-hybridized carbons (Fsp3) is 0.571. The molecule has 0 radical (unpaired) electrons. The molecule has 3 fully saturated rings. The van der Waals surface area contributed by atoms with E-state index in [0.717, 1.165) is 17.6 Å². The largest absolute Gasteiger partial charge is 0.459 e. The number of anilines is 1. The van der Waals surface area contributed by atoms with E-state index >= 15 is 0 Å². The van der Waals surface area contributed by atoms with Crippen molar-refractivity contribution in [3.05, 3.63) is 65.8 Å². The van der Waals surface area contributed by atoms with E-state index < -0.39 is 29.9 Å². The Morgan fingerprint density at radius 2 is 1.87 bits per heavy atom. The second-order valence-electron chi connectivity index (χ2n) is 12.9. The summed E-state index contributed by atoms with van der Waals surface area (Å²) < 4.78 is 23.2. The Hall–Kier alpha value is -3.51. The van der Waals surface area contributed by atoms with E-state index in [1.54, 1.807) is 25.1 Å². The third-order valence-corrected chi connectivity index (χ3v) is 8.81. The number of benzene rings is 1. The maximum atomic E-state index is 12.7. The Balaban J connectivity index is 1.25. The predicted octanol–water partition coefficient (Wildman–Crippen LogP) is 3.26. The summed E-state index contributed by atoms with van der Waals surface area (Å²) in [5.74, 6) is -0.571. The molecular formula is C35H49N3O8. The van der Waals surface area contributed by atoms with Crippen molar-refractivity contribution in [2.24, 2.45) is 5.92 Å². The zero-order valence-corrected chi connectivity index (χ0v) is 27.4. The molecule has 1 aromatic carbocycles. The molecule has 252 valence electrons. The normalized spacial score (nSPS) is 32.0. The summed E-state index contributed by atoms with van der Waals surface area (Å²) in [6, 6.07) is 7.22. The van der Waals surface area contributed by atoms with Crippen molar-refractivity contribution < 1.29 is 38.4 Å². The van der Waals surface area contributed by atoms with E-state index in [0.29, 0.717) is 31.7 Å². The lowest BCUT2D eigenvalue weighted by molar-refractivity contribution is -0.145. The summed E-state index contributed by atoms with van der Waals surface area (Å²) in [6.07, 6.45) is 8.44. The smallest absolute Gasteiger partial charge is 0.303 e. The molecule has 9 atom stereocenters. The van der Waals surface area contributed by atoms with Gasteiger partial charge in [-0.15, -0.1) is 0 Å². The van der Waals surface area contributed by atoms with E-state index in [2.05, 4.69) is 23.6 Å². The molecule has 2 amide bonds. The summed E-state index contributed by atoms with van der Waals surface area (Å²) in [6.45, 7) is 9.92. The summed E-state index contributed by atoms with van der Waals surface area (Å²) in [5.41, 5.74) is 7.69. The van der Waals surface area contributed by atoms with Crippen LogP contribution in [-0.2, 0) is 39.9 Å². The number of nitrogens with two attached hydrogens (primary N) is 1. The highest BCUT2D eigenvalue weighted by Crippen LogP contribution is 2.43. The lowest BCUT2D eigenvalue weighted by Crippen LogP contribution is -2.50. The molecule has 0 saturated carbocycles. The molecule has 3 saturated heterocycles. The maximum absolute atomic E-state index is 12.7. The molecule has 46 heavy (non-hydrogen) atoms. The van der Waals surface area contributed by atoms with Crippen LogP contribution >= 0.6 is 0 Å². The Bertz CT molecular complexity index is 1310.